The van der Waals surface area contributed by atoms with E-state index in [1.165, 1.54) is 12.3 Å². The van der Waals surface area contributed by atoms with E-state index in [9.17, 15) is 9.59 Å². The zero-order valence-electron chi connectivity index (χ0n) is 14.4. The van der Waals surface area contributed by atoms with Crippen molar-refractivity contribution in [3.8, 4) is 0 Å². The lowest BCUT2D eigenvalue weighted by molar-refractivity contribution is 0.0785. The van der Waals surface area contributed by atoms with Gasteiger partial charge in [0.15, 0.2) is 0 Å². The van der Waals surface area contributed by atoms with Gasteiger partial charge in [-0.25, -0.2) is 0 Å². The maximum absolute atomic E-state index is 12.6. The molecule has 3 rings (SSSR count). The molecular weight excluding hydrogens is 330 g/mol. The van der Waals surface area contributed by atoms with Gasteiger partial charge >= 0.3 is 0 Å². The first-order valence-electron chi connectivity index (χ1n) is 8.19. The van der Waals surface area contributed by atoms with Crippen molar-refractivity contribution in [1.82, 2.24) is 15.2 Å². The molecule has 2 aromatic heterocycles. The van der Waals surface area contributed by atoms with Gasteiger partial charge in [0.1, 0.15) is 11.5 Å². The number of nitrogens with zero attached hydrogens (tertiary/aromatic N) is 2. The average Bonchev–Trinajstić information content (AvgIpc) is 3.20. The van der Waals surface area contributed by atoms with E-state index >= 15 is 0 Å². The maximum Gasteiger partial charge on any atom is 0.270 e. The molecule has 6 nitrogen and oxygen atoms in total. The Labute approximate surface area is 151 Å². The maximum atomic E-state index is 12.6. The zero-order chi connectivity index (χ0) is 18.4. The van der Waals surface area contributed by atoms with Crippen molar-refractivity contribution in [2.75, 3.05) is 7.05 Å². The number of rotatable bonds is 6. The Kier molecular flexibility index (Phi) is 5.43. The molecule has 0 unspecified atom stereocenters. The molecule has 0 radical (unpaired) electrons. The van der Waals surface area contributed by atoms with Gasteiger partial charge < -0.3 is 14.6 Å². The van der Waals surface area contributed by atoms with Crippen LogP contribution in [-0.2, 0) is 13.1 Å². The first-order chi connectivity index (χ1) is 12.6. The molecule has 0 saturated heterocycles. The fourth-order valence-electron chi connectivity index (χ4n) is 2.51. The third-order valence-corrected chi connectivity index (χ3v) is 3.85. The average molecular weight is 349 g/mol. The number of nitrogens with one attached hydrogen (secondary N) is 1. The summed E-state index contributed by atoms with van der Waals surface area (Å²) in [6.45, 7) is 0.752. The number of hydrogen-bond acceptors (Lipinski definition) is 4. The van der Waals surface area contributed by atoms with Crippen LogP contribution in [0.1, 0.15) is 32.2 Å². The lowest BCUT2D eigenvalue weighted by Crippen LogP contribution is -2.27. The molecule has 3 aromatic rings. The van der Waals surface area contributed by atoms with Crippen LogP contribution in [0.25, 0.3) is 0 Å². The largest absolute Gasteiger partial charge is 0.467 e. The smallest absolute Gasteiger partial charge is 0.270 e. The van der Waals surface area contributed by atoms with Crippen LogP contribution in [0.4, 0.5) is 0 Å². The van der Waals surface area contributed by atoms with E-state index in [0.29, 0.717) is 17.9 Å². The summed E-state index contributed by atoms with van der Waals surface area (Å²) in [6.07, 6.45) is 3.01. The highest BCUT2D eigenvalue weighted by Crippen LogP contribution is 2.10. The normalized spacial score (nSPS) is 10.3. The monoisotopic (exact) mass is 349 g/mol. The van der Waals surface area contributed by atoms with Gasteiger partial charge in [-0.15, -0.1) is 0 Å². The lowest BCUT2D eigenvalue weighted by Gasteiger charge is -2.17. The highest BCUT2D eigenvalue weighted by atomic mass is 16.3. The Morgan fingerprint density at radius 1 is 1.12 bits per heavy atom. The van der Waals surface area contributed by atoms with E-state index < -0.39 is 0 Å². The number of pyridine rings is 1. The highest BCUT2D eigenvalue weighted by molar-refractivity contribution is 5.98. The van der Waals surface area contributed by atoms with E-state index in [0.717, 1.165) is 5.56 Å². The molecule has 1 aromatic carbocycles. The zero-order valence-corrected chi connectivity index (χ0v) is 14.4. The van der Waals surface area contributed by atoms with Crippen molar-refractivity contribution in [2.45, 2.75) is 13.1 Å². The number of benzene rings is 1. The van der Waals surface area contributed by atoms with E-state index in [1.54, 1.807) is 36.4 Å². The third kappa shape index (κ3) is 4.36. The number of aromatic nitrogens is 1. The first-order valence-corrected chi connectivity index (χ1v) is 8.19. The minimum atomic E-state index is -0.359. The van der Waals surface area contributed by atoms with Gasteiger partial charge in [-0.3, -0.25) is 14.6 Å². The van der Waals surface area contributed by atoms with Crippen LogP contribution in [0.5, 0.6) is 0 Å². The second-order valence-electron chi connectivity index (χ2n) is 5.84. The minimum absolute atomic E-state index is 0.170. The van der Waals surface area contributed by atoms with Crippen LogP contribution in [0, 0.1) is 0 Å². The van der Waals surface area contributed by atoms with Gasteiger partial charge in [-0.05, 0) is 29.8 Å². The van der Waals surface area contributed by atoms with E-state index in [1.807, 2.05) is 30.3 Å². The standard InChI is InChI=1S/C20H19N3O3/c1-23(14-15-6-3-2-4-7-15)20(25)16-9-10-21-18(12-16)19(24)22-13-17-8-5-11-26-17/h2-12H,13-14H2,1H3,(H,22,24). The summed E-state index contributed by atoms with van der Waals surface area (Å²) in [5.41, 5.74) is 1.64. The van der Waals surface area contributed by atoms with Gasteiger partial charge in [-0.1, -0.05) is 30.3 Å². The van der Waals surface area contributed by atoms with Crippen molar-refractivity contribution in [2.24, 2.45) is 0 Å². The fraction of sp³-hybridized carbons (Fsp3) is 0.150. The molecule has 0 bridgehead atoms. The van der Waals surface area contributed by atoms with Crippen LogP contribution in [0.15, 0.2) is 71.5 Å². The number of carbonyl (C=O) groups excluding carboxylic acids is 2. The number of amides is 2. The summed E-state index contributed by atoms with van der Waals surface area (Å²) in [7, 11) is 1.73. The predicted octanol–water partition coefficient (Wildman–Crippen LogP) is 2.88. The molecule has 0 aliphatic rings. The van der Waals surface area contributed by atoms with Crippen LogP contribution in [0.2, 0.25) is 0 Å². The van der Waals surface area contributed by atoms with Crippen LogP contribution >= 0.6 is 0 Å². The van der Waals surface area contributed by atoms with Gasteiger partial charge in [0.2, 0.25) is 0 Å². The van der Waals surface area contributed by atoms with E-state index in [-0.39, 0.29) is 24.1 Å². The van der Waals surface area contributed by atoms with Gasteiger partial charge in [0, 0.05) is 25.4 Å². The molecule has 0 atom stereocenters. The van der Waals surface area contributed by atoms with Gasteiger partial charge in [0.25, 0.3) is 11.8 Å². The number of carbonyl (C=O) groups is 2. The Hall–Kier alpha value is -3.41. The first kappa shape index (κ1) is 17.4. The van der Waals surface area contributed by atoms with Crippen LogP contribution in [-0.4, -0.2) is 28.7 Å². The Morgan fingerprint density at radius 3 is 2.65 bits per heavy atom. The molecule has 0 aliphatic carbocycles. The molecule has 0 fully saturated rings. The highest BCUT2D eigenvalue weighted by Gasteiger charge is 2.15. The summed E-state index contributed by atoms with van der Waals surface area (Å²) < 4.78 is 5.17. The number of furan rings is 1. The quantitative estimate of drug-likeness (QED) is 0.742. The van der Waals surface area contributed by atoms with Crippen molar-refractivity contribution in [3.05, 3.63) is 89.6 Å². The summed E-state index contributed by atoms with van der Waals surface area (Å²) >= 11 is 0. The Morgan fingerprint density at radius 2 is 1.92 bits per heavy atom. The molecule has 132 valence electrons. The van der Waals surface area contributed by atoms with Gasteiger partial charge in [0.05, 0.1) is 12.8 Å². The summed E-state index contributed by atoms with van der Waals surface area (Å²) in [5, 5.41) is 2.72. The molecule has 2 amide bonds. The van der Waals surface area contributed by atoms with E-state index in [2.05, 4.69) is 10.3 Å². The molecule has 2 heterocycles. The molecule has 0 spiro atoms. The summed E-state index contributed by atoms with van der Waals surface area (Å²) in [4.78, 5) is 30.5. The van der Waals surface area contributed by atoms with Gasteiger partial charge in [-0.2, -0.15) is 0 Å². The van der Waals surface area contributed by atoms with Crippen molar-refractivity contribution >= 4 is 11.8 Å². The van der Waals surface area contributed by atoms with Crippen molar-refractivity contribution in [3.63, 3.8) is 0 Å². The van der Waals surface area contributed by atoms with Crippen LogP contribution in [0.3, 0.4) is 0 Å². The minimum Gasteiger partial charge on any atom is -0.467 e. The number of hydrogen-bond donors (Lipinski definition) is 1. The third-order valence-electron chi connectivity index (χ3n) is 3.85. The molecule has 26 heavy (non-hydrogen) atoms. The van der Waals surface area contributed by atoms with Crippen molar-refractivity contribution < 1.29 is 14.0 Å². The van der Waals surface area contributed by atoms with Crippen molar-refractivity contribution in [1.29, 1.82) is 0 Å². The molecule has 0 aliphatic heterocycles. The summed E-state index contributed by atoms with van der Waals surface area (Å²) in [6, 6.07) is 16.3. The Balaban J connectivity index is 1.65. The Bertz CT molecular complexity index is 876. The SMILES string of the molecule is CN(Cc1ccccc1)C(=O)c1ccnc(C(=O)NCc2ccco2)c1. The van der Waals surface area contributed by atoms with E-state index in [4.69, 9.17) is 4.42 Å². The summed E-state index contributed by atoms with van der Waals surface area (Å²) in [5.74, 6) is 0.117. The second kappa shape index (κ2) is 8.11. The molecule has 1 N–H and O–H groups in total. The second-order valence-corrected chi connectivity index (χ2v) is 5.84. The molecule has 6 heteroatoms. The lowest BCUT2D eigenvalue weighted by atomic mass is 10.1. The predicted molar refractivity (Wildman–Crippen MR) is 96.4 cm³/mol. The molecule has 0 saturated carbocycles. The topological polar surface area (TPSA) is 75.4 Å². The van der Waals surface area contributed by atoms with Crippen LogP contribution < -0.4 is 5.32 Å². The fourth-order valence-corrected chi connectivity index (χ4v) is 2.51. The molecular formula is C20H19N3O3.